The van der Waals surface area contributed by atoms with Gasteiger partial charge in [0, 0.05) is 16.7 Å². The molecule has 6 fully saturated rings. The Kier molecular flexibility index (Phi) is 11.2. The molecule has 19 atom stereocenters. The number of hydrogen-bond donors (Lipinski definition) is 8. The van der Waals surface area contributed by atoms with Gasteiger partial charge in [0.25, 0.3) is 0 Å². The summed E-state index contributed by atoms with van der Waals surface area (Å²) < 4.78 is 31.0. The Morgan fingerprint density at radius 1 is 0.782 bits per heavy atom. The molecule has 0 aromatic carbocycles. The van der Waals surface area contributed by atoms with Crippen molar-refractivity contribution in [2.45, 2.75) is 172 Å². The Hall–Kier alpha value is -1.04. The van der Waals surface area contributed by atoms with Gasteiger partial charge < -0.3 is 64.5 Å². The third-order valence-electron chi connectivity index (χ3n) is 16.5. The number of hydrogen-bond acceptors (Lipinski definition) is 13. The maximum absolute atomic E-state index is 10.8. The SMILES string of the molecule is C[C@H](C/C=C/C(C)(C)O[C@@H]1O[C@H](CO)[C@@H](O)[C@H](O)[C@H]1O)[C@H]1CC[C@@]2(C)[C@@H]3C=C[C@@]45OC[C@]3(CC[C@]12C)[C@@H]4CC[C@H](O[C@@H]1O[C@H](CO)[C@@H](O)[C@@H](O)[C@H]1O)C5(C)C. The zero-order valence-corrected chi connectivity index (χ0v) is 33.7. The van der Waals surface area contributed by atoms with Crippen molar-refractivity contribution in [2.75, 3.05) is 19.8 Å². The molecule has 1 spiro atoms. The first-order valence-electron chi connectivity index (χ1n) is 20.7. The summed E-state index contributed by atoms with van der Waals surface area (Å²) in [4.78, 5) is 0. The minimum absolute atomic E-state index is 0.00179. The van der Waals surface area contributed by atoms with E-state index in [0.29, 0.717) is 30.3 Å². The standard InChI is InChI=1S/C42H68O13/c1-22(9-8-14-37(2,3)55-36-34(50)32(48)30(46)25(20-44)53-36)23-12-15-40(7)26-13-16-42-27(41(26,21-51-42)18-17-39(23,40)6)10-11-28(38(42,4)5)54-35-33(49)31(47)29(45)24(19-43)52-35/h8,13-14,16,22-36,43-50H,9-12,15,17-21H2,1-7H3/b14-8+/t22-,23-,24-,25-,26+,27+,28+,29-,30-,31-,32+,33-,34-,35+,36+,39-,40+,41+,42-/m1/s1. The van der Waals surface area contributed by atoms with Crippen molar-refractivity contribution in [3.05, 3.63) is 24.3 Å². The Labute approximate surface area is 325 Å². The summed E-state index contributed by atoms with van der Waals surface area (Å²) in [6, 6.07) is 0. The Bertz CT molecular complexity index is 1450. The van der Waals surface area contributed by atoms with Crippen LogP contribution in [0.3, 0.4) is 0 Å². The highest BCUT2D eigenvalue weighted by atomic mass is 16.7. The van der Waals surface area contributed by atoms with Gasteiger partial charge in [-0.25, -0.2) is 0 Å². The van der Waals surface area contributed by atoms with Gasteiger partial charge in [-0.1, -0.05) is 58.9 Å². The lowest BCUT2D eigenvalue weighted by Crippen LogP contribution is -2.66. The molecular weight excluding hydrogens is 712 g/mol. The van der Waals surface area contributed by atoms with Crippen molar-refractivity contribution < 1.29 is 64.5 Å². The van der Waals surface area contributed by atoms with E-state index in [4.69, 9.17) is 23.7 Å². The second kappa shape index (κ2) is 14.6. The minimum Gasteiger partial charge on any atom is -0.394 e. The van der Waals surface area contributed by atoms with Crippen LogP contribution >= 0.6 is 0 Å². The molecule has 13 nitrogen and oxygen atoms in total. The summed E-state index contributed by atoms with van der Waals surface area (Å²) in [7, 11) is 0. The number of aliphatic hydroxyl groups excluding tert-OH is 8. The van der Waals surface area contributed by atoms with Gasteiger partial charge in [0.15, 0.2) is 12.6 Å². The summed E-state index contributed by atoms with van der Waals surface area (Å²) in [5.41, 5.74) is -1.72. The molecule has 0 radical (unpaired) electrons. The topological polar surface area (TPSA) is 208 Å². The molecule has 8 N–H and O–H groups in total. The molecule has 3 saturated heterocycles. The Balaban J connectivity index is 1.04. The lowest BCUT2D eigenvalue weighted by molar-refractivity contribution is -0.329. The number of ether oxygens (including phenoxy) is 5. The van der Waals surface area contributed by atoms with Gasteiger partial charge in [-0.05, 0) is 87.4 Å². The van der Waals surface area contributed by atoms with E-state index in [9.17, 15) is 40.9 Å². The van der Waals surface area contributed by atoms with Crippen molar-refractivity contribution in [2.24, 2.45) is 45.3 Å². The van der Waals surface area contributed by atoms with E-state index in [1.807, 2.05) is 19.9 Å². The highest BCUT2D eigenvalue weighted by Crippen LogP contribution is 2.77. The van der Waals surface area contributed by atoms with Crippen molar-refractivity contribution in [3.8, 4) is 0 Å². The second-order valence-corrected chi connectivity index (χ2v) is 19.8. The minimum atomic E-state index is -1.49. The Morgan fingerprint density at radius 2 is 1.40 bits per heavy atom. The first-order chi connectivity index (χ1) is 25.7. The van der Waals surface area contributed by atoms with E-state index >= 15 is 0 Å². The monoisotopic (exact) mass is 780 g/mol. The lowest BCUT2D eigenvalue weighted by atomic mass is 9.38. The molecule has 0 aromatic rings. The molecule has 0 aromatic heterocycles. The molecule has 3 saturated carbocycles. The fourth-order valence-corrected chi connectivity index (χ4v) is 13.0. The van der Waals surface area contributed by atoms with Gasteiger partial charge in [-0.15, -0.1) is 0 Å². The molecular formula is C42H68O13. The van der Waals surface area contributed by atoms with E-state index in [1.165, 1.54) is 0 Å². The maximum Gasteiger partial charge on any atom is 0.187 e. The molecule has 0 unspecified atom stereocenters. The molecule has 4 aliphatic carbocycles. The molecule has 13 heteroatoms. The lowest BCUT2D eigenvalue weighted by Gasteiger charge is -2.65. The molecule has 3 aliphatic heterocycles. The highest BCUT2D eigenvalue weighted by Gasteiger charge is 2.75. The van der Waals surface area contributed by atoms with Crippen LogP contribution in [0, 0.1) is 45.3 Å². The van der Waals surface area contributed by atoms with Gasteiger partial charge in [-0.3, -0.25) is 0 Å². The van der Waals surface area contributed by atoms with Gasteiger partial charge in [0.2, 0.25) is 0 Å². The molecule has 7 aliphatic rings. The summed E-state index contributed by atoms with van der Waals surface area (Å²) in [5.74, 6) is 1.57. The van der Waals surface area contributed by atoms with Crippen LogP contribution in [-0.2, 0) is 23.7 Å². The summed E-state index contributed by atoms with van der Waals surface area (Å²) >= 11 is 0. The number of rotatable bonds is 10. The number of aliphatic hydroxyl groups is 8. The van der Waals surface area contributed by atoms with Crippen LogP contribution in [0.15, 0.2) is 24.3 Å². The van der Waals surface area contributed by atoms with Crippen LogP contribution in [0.5, 0.6) is 0 Å². The highest BCUT2D eigenvalue weighted by molar-refractivity contribution is 5.33. The second-order valence-electron chi connectivity index (χ2n) is 19.8. The molecule has 7 rings (SSSR count). The van der Waals surface area contributed by atoms with Crippen molar-refractivity contribution >= 4 is 0 Å². The van der Waals surface area contributed by atoms with Gasteiger partial charge in [-0.2, -0.15) is 0 Å². The van der Waals surface area contributed by atoms with E-state index in [2.05, 4.69) is 52.8 Å². The smallest absolute Gasteiger partial charge is 0.187 e. The largest absolute Gasteiger partial charge is 0.394 e. The third-order valence-corrected chi connectivity index (χ3v) is 16.5. The summed E-state index contributed by atoms with van der Waals surface area (Å²) in [6.07, 6.45) is 2.30. The van der Waals surface area contributed by atoms with Crippen LogP contribution in [0.2, 0.25) is 0 Å². The van der Waals surface area contributed by atoms with Crippen LogP contribution in [0.1, 0.15) is 93.4 Å². The molecule has 2 bridgehead atoms. The Morgan fingerprint density at radius 3 is 2.04 bits per heavy atom. The average molecular weight is 781 g/mol. The van der Waals surface area contributed by atoms with E-state index < -0.39 is 91.2 Å². The van der Waals surface area contributed by atoms with E-state index in [1.54, 1.807) is 0 Å². The van der Waals surface area contributed by atoms with Crippen LogP contribution in [-0.4, -0.2) is 139 Å². The quantitative estimate of drug-likeness (QED) is 0.150. The maximum atomic E-state index is 10.8. The predicted octanol–water partition coefficient (Wildman–Crippen LogP) is 1.94. The molecule has 0 amide bonds. The normalized spacial score (nSPS) is 52.5. The molecule has 55 heavy (non-hydrogen) atoms. The van der Waals surface area contributed by atoms with Crippen LogP contribution < -0.4 is 0 Å². The van der Waals surface area contributed by atoms with Crippen molar-refractivity contribution in [1.29, 1.82) is 0 Å². The summed E-state index contributed by atoms with van der Waals surface area (Å²) in [6.45, 7) is 15.1. The summed E-state index contributed by atoms with van der Waals surface area (Å²) in [5, 5.41) is 81.8. The van der Waals surface area contributed by atoms with E-state index in [0.717, 1.165) is 44.9 Å². The molecule has 314 valence electrons. The average Bonchev–Trinajstić information content (AvgIpc) is 3.54. The van der Waals surface area contributed by atoms with E-state index in [-0.39, 0.29) is 22.3 Å². The van der Waals surface area contributed by atoms with Gasteiger partial charge in [0.1, 0.15) is 48.8 Å². The van der Waals surface area contributed by atoms with Gasteiger partial charge in [0.05, 0.1) is 37.1 Å². The van der Waals surface area contributed by atoms with Crippen molar-refractivity contribution in [1.82, 2.24) is 0 Å². The zero-order chi connectivity index (χ0) is 40.1. The predicted molar refractivity (Wildman–Crippen MR) is 199 cm³/mol. The van der Waals surface area contributed by atoms with Gasteiger partial charge >= 0.3 is 0 Å². The number of allylic oxidation sites excluding steroid dienone is 2. The number of fused-ring (bicyclic) bond motifs is 2. The van der Waals surface area contributed by atoms with Crippen LogP contribution in [0.25, 0.3) is 0 Å². The molecule has 3 heterocycles. The van der Waals surface area contributed by atoms with Crippen molar-refractivity contribution in [3.63, 3.8) is 0 Å². The first kappa shape index (κ1) is 42.1. The fraction of sp³-hybridized carbons (Fsp3) is 0.905. The third kappa shape index (κ3) is 6.28. The zero-order valence-electron chi connectivity index (χ0n) is 33.7. The van der Waals surface area contributed by atoms with Crippen LogP contribution in [0.4, 0.5) is 0 Å². The fourth-order valence-electron chi connectivity index (χ4n) is 13.0. The first-order valence-corrected chi connectivity index (χ1v) is 20.7.